The highest BCUT2D eigenvalue weighted by Crippen LogP contribution is 2.24. The van der Waals surface area contributed by atoms with Crippen molar-refractivity contribution in [1.82, 2.24) is 4.98 Å². The summed E-state index contributed by atoms with van der Waals surface area (Å²) in [6.45, 7) is 4.19. The highest BCUT2D eigenvalue weighted by Gasteiger charge is 2.14. The second kappa shape index (κ2) is 5.26. The quantitative estimate of drug-likeness (QED) is 0.809. The molecule has 0 amide bonds. The maximum absolute atomic E-state index is 12.0. The minimum atomic E-state index is -0.948. The average Bonchev–Trinajstić information content (AvgIpc) is 2.78. The highest BCUT2D eigenvalue weighted by molar-refractivity contribution is 6.08. The van der Waals surface area contributed by atoms with Crippen LogP contribution in [0.5, 0.6) is 0 Å². The number of benzene rings is 1. The molecular weight excluding hydrogens is 242 g/mol. The normalized spacial score (nSPS) is 11.1. The summed E-state index contributed by atoms with van der Waals surface area (Å²) in [5.41, 5.74) is 2.65. The number of ketones is 1. The van der Waals surface area contributed by atoms with Crippen molar-refractivity contribution >= 4 is 22.7 Å². The van der Waals surface area contributed by atoms with Gasteiger partial charge in [0, 0.05) is 29.1 Å². The van der Waals surface area contributed by atoms with Gasteiger partial charge in [-0.15, -0.1) is 0 Å². The van der Waals surface area contributed by atoms with Crippen LogP contribution in [0.15, 0.2) is 24.4 Å². The molecule has 0 fully saturated rings. The summed E-state index contributed by atoms with van der Waals surface area (Å²) in [4.78, 5) is 25.6. The fourth-order valence-corrected chi connectivity index (χ4v) is 2.08. The van der Waals surface area contributed by atoms with Crippen LogP contribution in [0.4, 0.5) is 0 Å². The Kier molecular flexibility index (Phi) is 3.69. The minimum Gasteiger partial charge on any atom is -0.481 e. The fourth-order valence-electron chi connectivity index (χ4n) is 2.08. The van der Waals surface area contributed by atoms with Crippen LogP contribution in [-0.2, 0) is 4.79 Å². The topological polar surface area (TPSA) is 70.2 Å². The van der Waals surface area contributed by atoms with Crippen molar-refractivity contribution in [3.63, 3.8) is 0 Å². The van der Waals surface area contributed by atoms with Gasteiger partial charge in [0.25, 0.3) is 0 Å². The largest absolute Gasteiger partial charge is 0.481 e. The van der Waals surface area contributed by atoms with E-state index in [4.69, 9.17) is 5.11 Å². The van der Waals surface area contributed by atoms with Crippen LogP contribution in [-0.4, -0.2) is 21.8 Å². The molecule has 0 saturated heterocycles. The van der Waals surface area contributed by atoms with Crippen molar-refractivity contribution in [2.45, 2.75) is 32.6 Å². The second-order valence-corrected chi connectivity index (χ2v) is 4.98. The number of nitrogens with one attached hydrogen (secondary N) is 1. The fraction of sp³-hybridized carbons (Fsp3) is 0.333. The van der Waals surface area contributed by atoms with Crippen LogP contribution < -0.4 is 0 Å². The summed E-state index contributed by atoms with van der Waals surface area (Å²) >= 11 is 0. The molecule has 4 heteroatoms. The van der Waals surface area contributed by atoms with E-state index < -0.39 is 5.97 Å². The van der Waals surface area contributed by atoms with E-state index in [0.29, 0.717) is 11.5 Å². The van der Waals surface area contributed by atoms with E-state index >= 15 is 0 Å². The minimum absolute atomic E-state index is 0.0359. The van der Waals surface area contributed by atoms with Gasteiger partial charge in [0.05, 0.1) is 6.42 Å². The van der Waals surface area contributed by atoms with Crippen LogP contribution in [0.1, 0.15) is 48.5 Å². The van der Waals surface area contributed by atoms with Crippen molar-refractivity contribution in [3.05, 3.63) is 35.5 Å². The molecule has 0 spiro atoms. The van der Waals surface area contributed by atoms with Crippen LogP contribution in [0.3, 0.4) is 0 Å². The third-order valence-electron chi connectivity index (χ3n) is 3.24. The molecule has 2 N–H and O–H groups in total. The van der Waals surface area contributed by atoms with Gasteiger partial charge < -0.3 is 10.1 Å². The predicted molar refractivity (Wildman–Crippen MR) is 73.6 cm³/mol. The first-order chi connectivity index (χ1) is 8.99. The number of hydrogen-bond donors (Lipinski definition) is 2. The SMILES string of the molecule is CC(C)c1ccc2[nH]cc(C(=O)CCC(=O)O)c2c1. The Morgan fingerprint density at radius 3 is 2.63 bits per heavy atom. The third-order valence-corrected chi connectivity index (χ3v) is 3.24. The first-order valence-corrected chi connectivity index (χ1v) is 6.35. The monoisotopic (exact) mass is 259 g/mol. The summed E-state index contributed by atoms with van der Waals surface area (Å²) in [5.74, 6) is -0.688. The Hall–Kier alpha value is -2.10. The average molecular weight is 259 g/mol. The first kappa shape index (κ1) is 13.3. The number of aliphatic carboxylic acids is 1. The van der Waals surface area contributed by atoms with Gasteiger partial charge in [-0.2, -0.15) is 0 Å². The number of aromatic amines is 1. The van der Waals surface area contributed by atoms with Crippen molar-refractivity contribution in [3.8, 4) is 0 Å². The molecule has 1 heterocycles. The number of carboxylic acids is 1. The lowest BCUT2D eigenvalue weighted by Crippen LogP contribution is -2.03. The smallest absolute Gasteiger partial charge is 0.303 e. The molecule has 2 rings (SSSR count). The lowest BCUT2D eigenvalue weighted by Gasteiger charge is -2.05. The van der Waals surface area contributed by atoms with Crippen LogP contribution in [0, 0.1) is 0 Å². The number of fused-ring (bicyclic) bond motifs is 1. The molecule has 0 unspecified atom stereocenters. The molecule has 0 bridgehead atoms. The van der Waals surface area contributed by atoms with E-state index in [1.165, 1.54) is 5.56 Å². The molecule has 0 radical (unpaired) electrons. The Balaban J connectivity index is 2.35. The van der Waals surface area contributed by atoms with Crippen molar-refractivity contribution in [1.29, 1.82) is 0 Å². The number of carboxylic acid groups (broad SMARTS) is 1. The van der Waals surface area contributed by atoms with E-state index in [0.717, 1.165) is 10.9 Å². The molecule has 1 aromatic carbocycles. The summed E-state index contributed by atoms with van der Waals surface area (Å²) in [5, 5.41) is 9.51. The van der Waals surface area contributed by atoms with Gasteiger partial charge in [0.1, 0.15) is 0 Å². The van der Waals surface area contributed by atoms with Gasteiger partial charge in [-0.3, -0.25) is 9.59 Å². The molecule has 1 aromatic heterocycles. The number of carbonyl (C=O) groups excluding carboxylic acids is 1. The molecule has 0 aliphatic heterocycles. The Labute approximate surface area is 111 Å². The van der Waals surface area contributed by atoms with Gasteiger partial charge in [-0.25, -0.2) is 0 Å². The van der Waals surface area contributed by atoms with Gasteiger partial charge in [-0.1, -0.05) is 19.9 Å². The molecule has 0 atom stereocenters. The molecule has 0 aliphatic rings. The molecule has 2 aromatic rings. The van der Waals surface area contributed by atoms with Crippen molar-refractivity contribution < 1.29 is 14.7 Å². The lowest BCUT2D eigenvalue weighted by molar-refractivity contribution is -0.136. The van der Waals surface area contributed by atoms with Gasteiger partial charge in [0.15, 0.2) is 5.78 Å². The highest BCUT2D eigenvalue weighted by atomic mass is 16.4. The Morgan fingerprint density at radius 1 is 1.26 bits per heavy atom. The Morgan fingerprint density at radius 2 is 2.00 bits per heavy atom. The van der Waals surface area contributed by atoms with Crippen molar-refractivity contribution in [2.75, 3.05) is 0 Å². The standard InChI is InChI=1S/C15H17NO3/c1-9(2)10-3-4-13-11(7-10)12(8-16-13)14(17)5-6-15(18)19/h3-4,7-9,16H,5-6H2,1-2H3,(H,18,19). The van der Waals surface area contributed by atoms with Crippen molar-refractivity contribution in [2.24, 2.45) is 0 Å². The summed E-state index contributed by atoms with van der Waals surface area (Å²) in [7, 11) is 0. The number of Topliss-reactive ketones (excluding diaryl/α,β-unsaturated/α-hetero) is 1. The van der Waals surface area contributed by atoms with E-state index in [1.54, 1.807) is 6.20 Å². The number of carbonyl (C=O) groups is 2. The molecule has 0 aliphatic carbocycles. The van der Waals surface area contributed by atoms with Crippen LogP contribution in [0.25, 0.3) is 10.9 Å². The van der Waals surface area contributed by atoms with E-state index in [2.05, 4.69) is 18.8 Å². The van der Waals surface area contributed by atoms with Gasteiger partial charge in [0.2, 0.25) is 0 Å². The lowest BCUT2D eigenvalue weighted by atomic mass is 9.99. The molecular formula is C15H17NO3. The van der Waals surface area contributed by atoms with Gasteiger partial charge in [-0.05, 0) is 23.6 Å². The molecule has 0 saturated carbocycles. The number of aromatic nitrogens is 1. The zero-order valence-corrected chi connectivity index (χ0v) is 11.1. The molecule has 19 heavy (non-hydrogen) atoms. The third kappa shape index (κ3) is 2.84. The van der Waals surface area contributed by atoms with Crippen LogP contribution in [0.2, 0.25) is 0 Å². The zero-order valence-electron chi connectivity index (χ0n) is 11.1. The van der Waals surface area contributed by atoms with Gasteiger partial charge >= 0.3 is 5.97 Å². The predicted octanol–water partition coefficient (Wildman–Crippen LogP) is 3.34. The van der Waals surface area contributed by atoms with E-state index in [1.807, 2.05) is 18.2 Å². The summed E-state index contributed by atoms with van der Waals surface area (Å²) < 4.78 is 0. The maximum Gasteiger partial charge on any atom is 0.303 e. The summed E-state index contributed by atoms with van der Waals surface area (Å²) in [6, 6.07) is 6.00. The van der Waals surface area contributed by atoms with E-state index in [-0.39, 0.29) is 18.6 Å². The Bertz CT molecular complexity index is 625. The number of hydrogen-bond acceptors (Lipinski definition) is 2. The first-order valence-electron chi connectivity index (χ1n) is 6.35. The summed E-state index contributed by atoms with van der Waals surface area (Å²) in [6.07, 6.45) is 1.57. The van der Waals surface area contributed by atoms with Crippen LogP contribution >= 0.6 is 0 Å². The zero-order chi connectivity index (χ0) is 14.0. The maximum atomic E-state index is 12.0. The molecule has 4 nitrogen and oxygen atoms in total. The number of rotatable bonds is 5. The van der Waals surface area contributed by atoms with E-state index in [9.17, 15) is 9.59 Å². The number of H-pyrrole nitrogens is 1. The second-order valence-electron chi connectivity index (χ2n) is 4.98. The molecule has 100 valence electrons.